The van der Waals surface area contributed by atoms with Crippen molar-refractivity contribution in [3.8, 4) is 0 Å². The molecule has 0 fully saturated rings. The zero-order valence-electron chi connectivity index (χ0n) is 9.94. The van der Waals surface area contributed by atoms with Crippen LogP contribution in [0.1, 0.15) is 17.3 Å². The van der Waals surface area contributed by atoms with Crippen LogP contribution in [0.25, 0.3) is 6.08 Å². The average molecular weight is 322 g/mol. The summed E-state index contributed by atoms with van der Waals surface area (Å²) in [5, 5.41) is 0. The van der Waals surface area contributed by atoms with Crippen molar-refractivity contribution in [3.05, 3.63) is 41.5 Å². The average Bonchev–Trinajstić information content (AvgIpc) is 2.37. The Labute approximate surface area is 112 Å². The van der Waals surface area contributed by atoms with Gasteiger partial charge in [0.15, 0.2) is 6.17 Å². The predicted molar refractivity (Wildman–Crippen MR) is 56.4 cm³/mol. The molecule has 0 aliphatic rings. The number of alkyl halides is 7. The van der Waals surface area contributed by atoms with E-state index in [1.54, 1.807) is 0 Å². The van der Waals surface area contributed by atoms with Crippen LogP contribution in [0.3, 0.4) is 0 Å². The molecule has 9 heteroatoms. The maximum atomic E-state index is 13.4. The molecule has 0 nitrogen and oxygen atoms in total. The molecule has 0 saturated heterocycles. The van der Waals surface area contributed by atoms with E-state index < -0.39 is 36.1 Å². The van der Waals surface area contributed by atoms with Crippen molar-refractivity contribution in [2.24, 2.45) is 0 Å². The second-order valence-electron chi connectivity index (χ2n) is 4.01. The Morgan fingerprint density at radius 1 is 0.857 bits per heavy atom. The normalized spacial score (nSPS) is 14.2. The largest absolute Gasteiger partial charge is 0.372 e. The van der Waals surface area contributed by atoms with Crippen LogP contribution in [0.15, 0.2) is 30.3 Å². The van der Waals surface area contributed by atoms with Gasteiger partial charge in [-0.25, -0.2) is 13.2 Å². The molecule has 118 valence electrons. The fourth-order valence-corrected chi connectivity index (χ4v) is 1.41. The summed E-state index contributed by atoms with van der Waals surface area (Å²) in [4.78, 5) is 0. The Bertz CT molecular complexity index is 500. The van der Waals surface area contributed by atoms with Crippen molar-refractivity contribution in [1.29, 1.82) is 0 Å². The first-order chi connectivity index (χ1) is 9.50. The van der Waals surface area contributed by atoms with Gasteiger partial charge in [-0.05, 0) is 11.1 Å². The molecule has 0 bridgehead atoms. The highest BCUT2D eigenvalue weighted by atomic mass is 19.3. The number of rotatable bonds is 5. The summed E-state index contributed by atoms with van der Waals surface area (Å²) in [5.41, 5.74) is -1.23. The smallest absolute Gasteiger partial charge is 0.235 e. The Kier molecular flexibility index (Phi) is 4.95. The first-order valence-corrected chi connectivity index (χ1v) is 5.30. The molecule has 1 atom stereocenters. The molecule has 1 rings (SSSR count). The summed E-state index contributed by atoms with van der Waals surface area (Å²) in [6, 6.07) is 2.60. The lowest BCUT2D eigenvalue weighted by molar-refractivity contribution is -0.286. The molecule has 0 radical (unpaired) electrons. The third kappa shape index (κ3) is 3.51. The molecule has 21 heavy (non-hydrogen) atoms. The molecule has 0 amide bonds. The van der Waals surface area contributed by atoms with Gasteiger partial charge in [0, 0.05) is 6.08 Å². The summed E-state index contributed by atoms with van der Waals surface area (Å²) in [7, 11) is 0. The van der Waals surface area contributed by atoms with E-state index in [2.05, 4.69) is 0 Å². The summed E-state index contributed by atoms with van der Waals surface area (Å²) in [6.45, 7) is 0. The van der Waals surface area contributed by atoms with E-state index >= 15 is 0 Å². The molecule has 1 aromatic carbocycles. The monoisotopic (exact) mass is 322 g/mol. The van der Waals surface area contributed by atoms with Gasteiger partial charge >= 0.3 is 18.3 Å². The minimum Gasteiger partial charge on any atom is -0.235 e. The molecule has 0 spiro atoms. The van der Waals surface area contributed by atoms with E-state index in [0.29, 0.717) is 18.2 Å². The van der Waals surface area contributed by atoms with Gasteiger partial charge in [-0.15, -0.1) is 0 Å². The van der Waals surface area contributed by atoms with E-state index in [4.69, 9.17) is 0 Å². The van der Waals surface area contributed by atoms with Crippen molar-refractivity contribution >= 4 is 6.08 Å². The number of hydrogen-bond donors (Lipinski definition) is 0. The minimum atomic E-state index is -5.87. The van der Waals surface area contributed by atoms with Crippen molar-refractivity contribution in [3.63, 3.8) is 0 Å². The Morgan fingerprint density at radius 2 is 1.33 bits per heavy atom. The van der Waals surface area contributed by atoms with E-state index in [1.807, 2.05) is 0 Å². The van der Waals surface area contributed by atoms with Crippen LogP contribution in [0, 0.1) is 0 Å². The topological polar surface area (TPSA) is 0 Å². The highest BCUT2D eigenvalue weighted by molar-refractivity contribution is 5.50. The van der Waals surface area contributed by atoms with Crippen LogP contribution in [-0.4, -0.2) is 18.3 Å². The van der Waals surface area contributed by atoms with Crippen LogP contribution >= 0.6 is 0 Å². The fraction of sp³-hybridized carbons (Fsp3) is 0.333. The second kappa shape index (κ2) is 5.98. The Balaban J connectivity index is 3.08. The quantitative estimate of drug-likeness (QED) is 0.631. The molecular formula is C12H7F9. The van der Waals surface area contributed by atoms with Gasteiger partial charge in [-0.3, -0.25) is 0 Å². The van der Waals surface area contributed by atoms with Crippen LogP contribution in [-0.2, 0) is 0 Å². The lowest BCUT2D eigenvalue weighted by Crippen LogP contribution is -2.49. The first kappa shape index (κ1) is 17.4. The zero-order chi connectivity index (χ0) is 16.4. The van der Waals surface area contributed by atoms with E-state index in [9.17, 15) is 39.5 Å². The van der Waals surface area contributed by atoms with Crippen LogP contribution in [0.4, 0.5) is 39.5 Å². The molecular weight excluding hydrogens is 315 g/mol. The number of hydrogen-bond acceptors (Lipinski definition) is 0. The van der Waals surface area contributed by atoms with E-state index in [-0.39, 0.29) is 5.56 Å². The van der Waals surface area contributed by atoms with Crippen molar-refractivity contribution in [1.82, 2.24) is 0 Å². The van der Waals surface area contributed by atoms with Gasteiger partial charge in [0.2, 0.25) is 0 Å². The molecule has 0 aromatic heterocycles. The number of halogens is 9. The molecule has 0 heterocycles. The molecule has 0 aliphatic carbocycles. The summed E-state index contributed by atoms with van der Waals surface area (Å²) in [6.07, 6.45) is -10.3. The summed E-state index contributed by atoms with van der Waals surface area (Å²) in [5.74, 6) is -11.5. The third-order valence-corrected chi connectivity index (χ3v) is 2.54. The molecule has 1 unspecified atom stereocenters. The second-order valence-corrected chi connectivity index (χ2v) is 4.01. The van der Waals surface area contributed by atoms with Gasteiger partial charge in [-0.1, -0.05) is 24.3 Å². The fourth-order valence-electron chi connectivity index (χ4n) is 1.41. The van der Waals surface area contributed by atoms with Crippen molar-refractivity contribution in [2.45, 2.75) is 24.4 Å². The minimum absolute atomic E-state index is 0.199. The molecule has 0 N–H and O–H groups in total. The lowest BCUT2D eigenvalue weighted by Gasteiger charge is -2.28. The van der Waals surface area contributed by atoms with Crippen LogP contribution in [0.5, 0.6) is 0 Å². The van der Waals surface area contributed by atoms with E-state index in [0.717, 1.165) is 12.1 Å². The van der Waals surface area contributed by atoms with Crippen LogP contribution in [0.2, 0.25) is 0 Å². The third-order valence-electron chi connectivity index (χ3n) is 2.54. The predicted octanol–water partition coefficient (Wildman–Crippen LogP) is 5.47. The SMILES string of the molecule is FC(F)=Cc1ccc(C(F)C(F)(F)C(F)(F)C(F)F)cc1. The highest BCUT2D eigenvalue weighted by Crippen LogP contribution is 2.48. The molecule has 1 aromatic rings. The van der Waals surface area contributed by atoms with Crippen molar-refractivity contribution < 1.29 is 39.5 Å². The summed E-state index contributed by atoms with van der Waals surface area (Å²) >= 11 is 0. The van der Waals surface area contributed by atoms with Gasteiger partial charge in [0.25, 0.3) is 6.08 Å². The molecule has 0 aliphatic heterocycles. The van der Waals surface area contributed by atoms with Gasteiger partial charge in [0.05, 0.1) is 0 Å². The standard InChI is InChI=1S/C12H7F9/c13-8(14)5-6-1-3-7(4-2-6)9(15)11(18,19)12(20,21)10(16)17/h1-5,9-10H. The molecule has 0 saturated carbocycles. The highest BCUT2D eigenvalue weighted by Gasteiger charge is 2.67. The number of benzene rings is 1. The van der Waals surface area contributed by atoms with Gasteiger partial charge in [-0.2, -0.15) is 26.3 Å². The van der Waals surface area contributed by atoms with Crippen molar-refractivity contribution in [2.75, 3.05) is 0 Å². The van der Waals surface area contributed by atoms with E-state index in [1.165, 1.54) is 0 Å². The van der Waals surface area contributed by atoms with Gasteiger partial charge < -0.3 is 0 Å². The zero-order valence-corrected chi connectivity index (χ0v) is 9.94. The first-order valence-electron chi connectivity index (χ1n) is 5.30. The maximum absolute atomic E-state index is 13.4. The van der Waals surface area contributed by atoms with Gasteiger partial charge in [0.1, 0.15) is 0 Å². The summed E-state index contributed by atoms with van der Waals surface area (Å²) < 4.78 is 113. The van der Waals surface area contributed by atoms with Crippen LogP contribution < -0.4 is 0 Å². The lowest BCUT2D eigenvalue weighted by atomic mass is 9.99. The Hall–Kier alpha value is -1.67. The Morgan fingerprint density at radius 3 is 1.71 bits per heavy atom. The maximum Gasteiger partial charge on any atom is 0.372 e.